The van der Waals surface area contributed by atoms with Gasteiger partial charge in [-0.05, 0) is 27.0 Å². The maximum absolute atomic E-state index is 13.4. The summed E-state index contributed by atoms with van der Waals surface area (Å²) in [6.07, 6.45) is 0.424. The van der Waals surface area contributed by atoms with Crippen LogP contribution in [-0.4, -0.2) is 72.4 Å². The number of phenols is 1. The SMILES string of the molecule is COc1cc2c(=O)c(-c3sc(C(=O)N4CCN(C)CC4)nc3C)c(C)oc2c(C=O)c1O. The highest BCUT2D eigenvalue weighted by Gasteiger charge is 2.27. The molecule has 1 N–H and O–H groups in total. The summed E-state index contributed by atoms with van der Waals surface area (Å²) in [6, 6.07) is 1.35. The third-order valence-corrected chi connectivity index (χ3v) is 6.83. The van der Waals surface area contributed by atoms with E-state index in [0.29, 0.717) is 35.0 Å². The molecule has 1 saturated heterocycles. The number of hydrogen-bond donors (Lipinski definition) is 1. The molecule has 9 nitrogen and oxygen atoms in total. The number of aryl methyl sites for hydroxylation is 2. The first kappa shape index (κ1) is 22.0. The summed E-state index contributed by atoms with van der Waals surface area (Å²) in [5.74, 6) is -0.288. The number of likely N-dealkylation sites (N-methyl/N-ethyl adjacent to an activating group) is 1. The van der Waals surface area contributed by atoms with E-state index >= 15 is 0 Å². The van der Waals surface area contributed by atoms with Gasteiger partial charge in [-0.3, -0.25) is 14.4 Å². The van der Waals surface area contributed by atoms with Crippen molar-refractivity contribution in [3.05, 3.63) is 38.3 Å². The van der Waals surface area contributed by atoms with Gasteiger partial charge in [-0.1, -0.05) is 0 Å². The van der Waals surface area contributed by atoms with E-state index in [1.807, 2.05) is 7.05 Å². The van der Waals surface area contributed by atoms with E-state index in [-0.39, 0.29) is 45.3 Å². The van der Waals surface area contributed by atoms with Gasteiger partial charge in [0.2, 0.25) is 5.43 Å². The minimum absolute atomic E-state index is 0.00587. The Labute approximate surface area is 187 Å². The summed E-state index contributed by atoms with van der Waals surface area (Å²) in [7, 11) is 3.34. The van der Waals surface area contributed by atoms with Crippen molar-refractivity contribution in [2.45, 2.75) is 13.8 Å². The van der Waals surface area contributed by atoms with E-state index in [1.165, 1.54) is 13.2 Å². The first-order chi connectivity index (χ1) is 15.3. The Morgan fingerprint density at radius 3 is 2.59 bits per heavy atom. The second kappa shape index (κ2) is 8.36. The van der Waals surface area contributed by atoms with Gasteiger partial charge in [0.05, 0.1) is 28.6 Å². The van der Waals surface area contributed by atoms with Gasteiger partial charge in [0, 0.05) is 26.2 Å². The van der Waals surface area contributed by atoms with Crippen LogP contribution in [0.5, 0.6) is 11.5 Å². The van der Waals surface area contributed by atoms with E-state index in [9.17, 15) is 19.5 Å². The number of carbonyl (C=O) groups is 2. The van der Waals surface area contributed by atoms with Gasteiger partial charge in [0.15, 0.2) is 28.4 Å². The van der Waals surface area contributed by atoms with Gasteiger partial charge in [0.1, 0.15) is 11.3 Å². The molecule has 1 aliphatic heterocycles. The number of hydrogen-bond acceptors (Lipinski definition) is 9. The van der Waals surface area contributed by atoms with Crippen molar-refractivity contribution in [3.63, 3.8) is 0 Å². The fourth-order valence-electron chi connectivity index (χ4n) is 3.82. The molecule has 0 bridgehead atoms. The molecule has 0 aliphatic carbocycles. The molecular weight excluding hydrogens is 434 g/mol. The van der Waals surface area contributed by atoms with Crippen LogP contribution < -0.4 is 10.2 Å². The number of aldehydes is 1. The van der Waals surface area contributed by atoms with E-state index in [4.69, 9.17) is 9.15 Å². The Morgan fingerprint density at radius 1 is 1.28 bits per heavy atom. The molecular formula is C22H23N3O6S. The van der Waals surface area contributed by atoms with Crippen LogP contribution in [0.25, 0.3) is 21.4 Å². The molecule has 0 unspecified atom stereocenters. The number of fused-ring (bicyclic) bond motifs is 1. The van der Waals surface area contributed by atoms with Crippen LogP contribution >= 0.6 is 11.3 Å². The smallest absolute Gasteiger partial charge is 0.282 e. The number of aromatic hydroxyl groups is 1. The lowest BCUT2D eigenvalue weighted by Gasteiger charge is -2.31. The number of benzene rings is 1. The van der Waals surface area contributed by atoms with Crippen LogP contribution in [-0.2, 0) is 0 Å². The van der Waals surface area contributed by atoms with E-state index in [2.05, 4.69) is 9.88 Å². The van der Waals surface area contributed by atoms with Gasteiger partial charge in [-0.15, -0.1) is 11.3 Å². The highest BCUT2D eigenvalue weighted by Crippen LogP contribution is 2.38. The Kier molecular flexibility index (Phi) is 5.74. The molecule has 4 rings (SSSR count). The molecule has 168 valence electrons. The first-order valence-corrected chi connectivity index (χ1v) is 10.9. The number of piperazine rings is 1. The number of methoxy groups -OCH3 is 1. The molecule has 10 heteroatoms. The lowest BCUT2D eigenvalue weighted by Crippen LogP contribution is -2.47. The predicted octanol–water partition coefficient (Wildman–Crippen LogP) is 2.45. The monoisotopic (exact) mass is 457 g/mol. The van der Waals surface area contributed by atoms with Crippen LogP contribution in [0.2, 0.25) is 0 Å². The average Bonchev–Trinajstić information content (AvgIpc) is 3.15. The number of rotatable bonds is 4. The summed E-state index contributed by atoms with van der Waals surface area (Å²) < 4.78 is 10.9. The van der Waals surface area contributed by atoms with Gasteiger partial charge in [-0.2, -0.15) is 0 Å². The second-order valence-electron chi connectivity index (χ2n) is 7.73. The van der Waals surface area contributed by atoms with Crippen LogP contribution in [0.15, 0.2) is 15.3 Å². The number of ether oxygens (including phenoxy) is 1. The largest absolute Gasteiger partial charge is 0.504 e. The zero-order valence-electron chi connectivity index (χ0n) is 18.2. The van der Waals surface area contributed by atoms with Gasteiger partial charge < -0.3 is 24.1 Å². The van der Waals surface area contributed by atoms with Crippen LogP contribution in [0, 0.1) is 13.8 Å². The molecule has 0 atom stereocenters. The van der Waals surface area contributed by atoms with Crippen LogP contribution in [0.1, 0.15) is 31.6 Å². The number of phenolic OH excluding ortho intramolecular Hbond substituents is 1. The topological polar surface area (TPSA) is 113 Å². The first-order valence-electron chi connectivity index (χ1n) is 10.0. The standard InChI is InChI=1S/C22H23N3O6S/c1-11-20(32-21(23-11)22(29)25-7-5-24(3)6-8-25)16-12(2)31-19-13(18(16)28)9-15(30-4)17(27)14(19)10-26/h9-10,27H,5-8H2,1-4H3. The molecule has 3 aromatic rings. The molecule has 1 aromatic carbocycles. The fourth-order valence-corrected chi connectivity index (χ4v) is 4.94. The third kappa shape index (κ3) is 3.55. The van der Waals surface area contributed by atoms with Crippen LogP contribution in [0.4, 0.5) is 0 Å². The van der Waals surface area contributed by atoms with Crippen molar-refractivity contribution < 1.29 is 23.8 Å². The fraction of sp³-hybridized carbons (Fsp3) is 0.364. The van der Waals surface area contributed by atoms with Gasteiger partial charge in [0.25, 0.3) is 5.91 Å². The molecule has 1 aliphatic rings. The highest BCUT2D eigenvalue weighted by molar-refractivity contribution is 7.17. The minimum atomic E-state index is -0.393. The van der Waals surface area contributed by atoms with Crippen molar-refractivity contribution in [2.24, 2.45) is 0 Å². The normalized spacial score (nSPS) is 14.7. The second-order valence-corrected chi connectivity index (χ2v) is 8.73. The van der Waals surface area contributed by atoms with Crippen molar-refractivity contribution in [3.8, 4) is 21.9 Å². The van der Waals surface area contributed by atoms with E-state index in [0.717, 1.165) is 24.4 Å². The molecule has 1 fully saturated rings. The minimum Gasteiger partial charge on any atom is -0.504 e. The zero-order valence-corrected chi connectivity index (χ0v) is 19.0. The predicted molar refractivity (Wildman–Crippen MR) is 120 cm³/mol. The lowest BCUT2D eigenvalue weighted by molar-refractivity contribution is 0.0663. The Bertz CT molecular complexity index is 1290. The summed E-state index contributed by atoms with van der Waals surface area (Å²) in [5, 5.41) is 10.6. The van der Waals surface area contributed by atoms with Crippen molar-refractivity contribution >= 4 is 34.5 Å². The van der Waals surface area contributed by atoms with E-state index in [1.54, 1.807) is 18.7 Å². The molecule has 0 saturated carbocycles. The Balaban J connectivity index is 1.84. The van der Waals surface area contributed by atoms with Gasteiger partial charge in [-0.25, -0.2) is 4.98 Å². The summed E-state index contributed by atoms with van der Waals surface area (Å²) in [4.78, 5) is 46.8. The van der Waals surface area contributed by atoms with Crippen molar-refractivity contribution in [1.82, 2.24) is 14.8 Å². The van der Waals surface area contributed by atoms with Gasteiger partial charge >= 0.3 is 0 Å². The summed E-state index contributed by atoms with van der Waals surface area (Å²) >= 11 is 1.15. The molecule has 1 amide bonds. The Hall–Kier alpha value is -3.24. The molecule has 3 heterocycles. The number of aromatic nitrogens is 1. The number of amides is 1. The maximum atomic E-state index is 13.4. The van der Waals surface area contributed by atoms with Crippen molar-refractivity contribution in [1.29, 1.82) is 0 Å². The number of nitrogens with zero attached hydrogens (tertiary/aromatic N) is 3. The number of carbonyl (C=O) groups excluding carboxylic acids is 2. The molecule has 0 spiro atoms. The average molecular weight is 458 g/mol. The Morgan fingerprint density at radius 2 is 1.97 bits per heavy atom. The van der Waals surface area contributed by atoms with E-state index < -0.39 is 5.43 Å². The lowest BCUT2D eigenvalue weighted by atomic mass is 10.0. The highest BCUT2D eigenvalue weighted by atomic mass is 32.1. The maximum Gasteiger partial charge on any atom is 0.282 e. The zero-order chi connectivity index (χ0) is 23.2. The number of thiazole rings is 1. The molecule has 0 radical (unpaired) electrons. The van der Waals surface area contributed by atoms with Crippen LogP contribution in [0.3, 0.4) is 0 Å². The molecule has 32 heavy (non-hydrogen) atoms. The molecule has 2 aromatic heterocycles. The third-order valence-electron chi connectivity index (χ3n) is 5.67. The summed E-state index contributed by atoms with van der Waals surface area (Å²) in [5.41, 5.74) is 0.257. The van der Waals surface area contributed by atoms with Crippen molar-refractivity contribution in [2.75, 3.05) is 40.3 Å². The summed E-state index contributed by atoms with van der Waals surface area (Å²) in [6.45, 7) is 6.18. The quantitative estimate of drug-likeness (QED) is 0.595.